The van der Waals surface area contributed by atoms with Crippen LogP contribution in [-0.2, 0) is 23.1 Å². The number of nitrogens with zero attached hydrogens (tertiary/aromatic N) is 1. The van der Waals surface area contributed by atoms with Crippen molar-refractivity contribution in [2.45, 2.75) is 18.0 Å². The lowest BCUT2D eigenvalue weighted by Crippen LogP contribution is -2.26. The van der Waals surface area contributed by atoms with E-state index in [1.54, 1.807) is 31.3 Å². The summed E-state index contributed by atoms with van der Waals surface area (Å²) in [6, 6.07) is 14.2. The second-order valence-electron chi connectivity index (χ2n) is 4.70. The van der Waals surface area contributed by atoms with E-state index in [0.29, 0.717) is 13.1 Å². The summed E-state index contributed by atoms with van der Waals surface area (Å²) in [7, 11) is -1.93. The maximum absolute atomic E-state index is 12.5. The van der Waals surface area contributed by atoms with Crippen LogP contribution in [0.1, 0.15) is 11.1 Å². The van der Waals surface area contributed by atoms with Gasteiger partial charge in [-0.15, -0.1) is 0 Å². The van der Waals surface area contributed by atoms with Gasteiger partial charge >= 0.3 is 0 Å². The van der Waals surface area contributed by atoms with Gasteiger partial charge in [-0.05, 0) is 29.3 Å². The quantitative estimate of drug-likeness (QED) is 0.882. The van der Waals surface area contributed by atoms with Gasteiger partial charge < -0.3 is 5.73 Å². The van der Waals surface area contributed by atoms with Gasteiger partial charge in [-0.2, -0.15) is 4.31 Å². The summed E-state index contributed by atoms with van der Waals surface area (Å²) in [5, 5.41) is 0. The molecule has 2 rings (SSSR count). The molecule has 0 atom stereocenters. The number of rotatable bonds is 5. The molecule has 112 valence electrons. The predicted octanol–water partition coefficient (Wildman–Crippen LogP) is 2.73. The molecule has 2 aromatic rings. The Morgan fingerprint density at radius 3 is 2.29 bits per heavy atom. The second-order valence-corrected chi connectivity index (χ2v) is 7.60. The van der Waals surface area contributed by atoms with Crippen molar-refractivity contribution in [3.8, 4) is 0 Å². The monoisotopic (exact) mass is 368 g/mol. The molecule has 0 aromatic heterocycles. The third-order valence-electron chi connectivity index (χ3n) is 3.22. The molecule has 0 aliphatic rings. The Balaban J connectivity index is 2.24. The fraction of sp³-hybridized carbons (Fsp3) is 0.200. The van der Waals surface area contributed by atoms with Crippen LogP contribution >= 0.6 is 15.9 Å². The van der Waals surface area contributed by atoms with Gasteiger partial charge in [0.1, 0.15) is 0 Å². The number of benzene rings is 2. The zero-order valence-electron chi connectivity index (χ0n) is 11.7. The molecule has 6 heteroatoms. The Kier molecular flexibility index (Phi) is 5.16. The molecule has 0 radical (unpaired) electrons. The highest BCUT2D eigenvalue weighted by atomic mass is 79.9. The third-order valence-corrected chi connectivity index (χ3v) is 5.81. The maximum Gasteiger partial charge on any atom is 0.243 e. The van der Waals surface area contributed by atoms with Crippen LogP contribution in [0, 0.1) is 0 Å². The maximum atomic E-state index is 12.5. The summed E-state index contributed by atoms with van der Waals surface area (Å²) in [4.78, 5) is 0.272. The van der Waals surface area contributed by atoms with E-state index >= 15 is 0 Å². The van der Waals surface area contributed by atoms with E-state index in [1.165, 1.54) is 4.31 Å². The second kappa shape index (κ2) is 6.70. The van der Waals surface area contributed by atoms with Gasteiger partial charge in [0, 0.05) is 24.6 Å². The Bertz CT molecular complexity index is 715. The first-order valence-corrected chi connectivity index (χ1v) is 8.67. The Morgan fingerprint density at radius 1 is 1.10 bits per heavy atom. The molecule has 0 aliphatic heterocycles. The topological polar surface area (TPSA) is 63.4 Å². The molecule has 0 fully saturated rings. The number of sulfonamides is 1. The van der Waals surface area contributed by atoms with Crippen LogP contribution in [0.15, 0.2) is 57.9 Å². The predicted molar refractivity (Wildman–Crippen MR) is 87.1 cm³/mol. The van der Waals surface area contributed by atoms with Crippen molar-refractivity contribution in [1.29, 1.82) is 0 Å². The van der Waals surface area contributed by atoms with Gasteiger partial charge in [-0.1, -0.05) is 46.3 Å². The Morgan fingerprint density at radius 2 is 1.71 bits per heavy atom. The minimum Gasteiger partial charge on any atom is -0.326 e. The van der Waals surface area contributed by atoms with Crippen molar-refractivity contribution < 1.29 is 8.42 Å². The van der Waals surface area contributed by atoms with Crippen LogP contribution < -0.4 is 5.73 Å². The van der Waals surface area contributed by atoms with Crippen LogP contribution in [0.25, 0.3) is 0 Å². The minimum atomic E-state index is -3.51. The van der Waals surface area contributed by atoms with E-state index in [1.807, 2.05) is 24.3 Å². The lowest BCUT2D eigenvalue weighted by molar-refractivity contribution is 0.466. The van der Waals surface area contributed by atoms with E-state index in [9.17, 15) is 8.42 Å². The standard InChI is InChI=1S/C15H17BrN2O2S/c1-18(11-13-4-2-3-5-15(13)16)21(19,20)14-8-6-12(10-17)7-9-14/h2-9H,10-11,17H2,1H3. The molecule has 0 amide bonds. The lowest BCUT2D eigenvalue weighted by Gasteiger charge is -2.18. The Labute approximate surface area is 133 Å². The van der Waals surface area contributed by atoms with Crippen molar-refractivity contribution in [2.75, 3.05) is 7.05 Å². The molecule has 2 N–H and O–H groups in total. The van der Waals surface area contributed by atoms with Crippen LogP contribution in [0.3, 0.4) is 0 Å². The van der Waals surface area contributed by atoms with Crippen LogP contribution in [0.5, 0.6) is 0 Å². The van der Waals surface area contributed by atoms with Gasteiger partial charge in [-0.3, -0.25) is 0 Å². The molecular weight excluding hydrogens is 352 g/mol. The van der Waals surface area contributed by atoms with Gasteiger partial charge in [0.25, 0.3) is 0 Å². The van der Waals surface area contributed by atoms with Crippen LogP contribution in [-0.4, -0.2) is 19.8 Å². The summed E-state index contributed by atoms with van der Waals surface area (Å²) in [5.41, 5.74) is 7.35. The van der Waals surface area contributed by atoms with E-state index in [0.717, 1.165) is 15.6 Å². The van der Waals surface area contributed by atoms with E-state index < -0.39 is 10.0 Å². The van der Waals surface area contributed by atoms with Gasteiger partial charge in [0.05, 0.1) is 4.90 Å². The summed E-state index contributed by atoms with van der Waals surface area (Å²) >= 11 is 3.43. The molecule has 0 saturated carbocycles. The molecule has 2 aromatic carbocycles. The van der Waals surface area contributed by atoms with Crippen molar-refractivity contribution >= 4 is 26.0 Å². The SMILES string of the molecule is CN(Cc1ccccc1Br)S(=O)(=O)c1ccc(CN)cc1. The first-order chi connectivity index (χ1) is 9.95. The first-order valence-electron chi connectivity index (χ1n) is 6.44. The molecule has 0 saturated heterocycles. The zero-order valence-corrected chi connectivity index (χ0v) is 14.1. The van der Waals surface area contributed by atoms with Gasteiger partial charge in [0.15, 0.2) is 0 Å². The smallest absolute Gasteiger partial charge is 0.243 e. The molecule has 4 nitrogen and oxygen atoms in total. The van der Waals surface area contributed by atoms with E-state index in [4.69, 9.17) is 5.73 Å². The molecule has 0 bridgehead atoms. The largest absolute Gasteiger partial charge is 0.326 e. The van der Waals surface area contributed by atoms with Gasteiger partial charge in [0.2, 0.25) is 10.0 Å². The van der Waals surface area contributed by atoms with E-state index in [2.05, 4.69) is 15.9 Å². The summed E-state index contributed by atoms with van der Waals surface area (Å²) in [6.45, 7) is 0.704. The summed E-state index contributed by atoms with van der Waals surface area (Å²) in [6.07, 6.45) is 0. The fourth-order valence-corrected chi connectivity index (χ4v) is 3.49. The average Bonchev–Trinajstić information content (AvgIpc) is 2.49. The number of nitrogens with two attached hydrogens (primary N) is 1. The molecular formula is C15H17BrN2O2S. The third kappa shape index (κ3) is 3.71. The van der Waals surface area contributed by atoms with Crippen molar-refractivity contribution in [1.82, 2.24) is 4.31 Å². The minimum absolute atomic E-state index is 0.272. The van der Waals surface area contributed by atoms with Crippen LogP contribution in [0.4, 0.5) is 0 Å². The molecule has 0 spiro atoms. The zero-order chi connectivity index (χ0) is 15.5. The molecule has 21 heavy (non-hydrogen) atoms. The van der Waals surface area contributed by atoms with Gasteiger partial charge in [-0.25, -0.2) is 8.42 Å². The fourth-order valence-electron chi connectivity index (χ4n) is 1.93. The first kappa shape index (κ1) is 16.2. The molecule has 0 aliphatic carbocycles. The van der Waals surface area contributed by atoms with Crippen molar-refractivity contribution in [3.05, 3.63) is 64.1 Å². The Hall–Kier alpha value is -1.21. The lowest BCUT2D eigenvalue weighted by atomic mass is 10.2. The highest BCUT2D eigenvalue weighted by Crippen LogP contribution is 2.21. The van der Waals surface area contributed by atoms with Crippen LogP contribution in [0.2, 0.25) is 0 Å². The summed E-state index contributed by atoms with van der Waals surface area (Å²) in [5.74, 6) is 0. The highest BCUT2D eigenvalue weighted by molar-refractivity contribution is 9.10. The molecule has 0 heterocycles. The van der Waals surface area contributed by atoms with Crippen molar-refractivity contribution in [2.24, 2.45) is 5.73 Å². The molecule has 0 unspecified atom stereocenters. The summed E-state index contributed by atoms with van der Waals surface area (Å²) < 4.78 is 27.3. The number of hydrogen-bond donors (Lipinski definition) is 1. The number of hydrogen-bond acceptors (Lipinski definition) is 3. The van der Waals surface area contributed by atoms with E-state index in [-0.39, 0.29) is 4.90 Å². The number of halogens is 1. The highest BCUT2D eigenvalue weighted by Gasteiger charge is 2.21. The average molecular weight is 369 g/mol. The van der Waals surface area contributed by atoms with Crippen molar-refractivity contribution in [3.63, 3.8) is 0 Å². The normalized spacial score (nSPS) is 11.8.